The molecule has 44 heavy (non-hydrogen) atoms. The molecule has 244 valence electrons. The van der Waals surface area contributed by atoms with Crippen LogP contribution in [0.5, 0.6) is 0 Å². The predicted molar refractivity (Wildman–Crippen MR) is 181 cm³/mol. The number of carbonyl (C=O) groups excluding carboxylic acids is 4. The number of methoxy groups -OCH3 is 1. The molecule has 3 amide bonds. The van der Waals surface area contributed by atoms with Crippen molar-refractivity contribution in [3.63, 3.8) is 0 Å². The third-order valence-electron chi connectivity index (χ3n) is 6.33. The highest BCUT2D eigenvalue weighted by Gasteiger charge is 2.32. The van der Waals surface area contributed by atoms with E-state index >= 15 is 0 Å². The zero-order valence-corrected chi connectivity index (χ0v) is 29.4. The highest BCUT2D eigenvalue weighted by molar-refractivity contribution is 14.1. The van der Waals surface area contributed by atoms with Gasteiger partial charge in [0.1, 0.15) is 18.2 Å². The summed E-state index contributed by atoms with van der Waals surface area (Å²) in [5.74, 6) is -1.07. The molecule has 4 unspecified atom stereocenters. The Hall–Kier alpha value is -3.06. The maximum atomic E-state index is 13.0. The van der Waals surface area contributed by atoms with Crippen molar-refractivity contribution in [3.8, 4) is 0 Å². The van der Waals surface area contributed by atoms with E-state index in [9.17, 15) is 19.2 Å². The standard InChI is InChI=1S/C32H45ClIN3O7/c1-8-35-31(41)43-23(15-18-26(33)34)13-11-19-36-29(39)28(32(4,5)6)37-27(38)14-10-9-12-21(2)20-22(3)24-16-17-25(42-7)30(40)44-24/h9-12,14,17-20,22-24,28H,8,13,15-16H2,1-7H3,(H,35,41)(H,36,39)(H,37,38)/b12-9+,14-10+,19-11-,21-20+,26-18-. The van der Waals surface area contributed by atoms with E-state index in [-0.39, 0.29) is 23.7 Å². The lowest BCUT2D eigenvalue weighted by Gasteiger charge is -2.29. The highest BCUT2D eigenvalue weighted by Crippen LogP contribution is 2.23. The van der Waals surface area contributed by atoms with Crippen LogP contribution in [0.2, 0.25) is 0 Å². The second kappa shape index (κ2) is 20.1. The quantitative estimate of drug-likeness (QED) is 0.0800. The zero-order valence-electron chi connectivity index (χ0n) is 26.4. The first kappa shape index (κ1) is 39.0. The molecule has 0 bridgehead atoms. The molecule has 0 radical (unpaired) electrons. The van der Waals surface area contributed by atoms with Crippen molar-refractivity contribution < 1.29 is 33.4 Å². The number of nitrogens with one attached hydrogen (secondary N) is 3. The Labute approximate surface area is 279 Å². The topological polar surface area (TPSA) is 132 Å². The van der Waals surface area contributed by atoms with Crippen LogP contribution >= 0.6 is 34.2 Å². The predicted octanol–water partition coefficient (Wildman–Crippen LogP) is 6.10. The first-order valence-corrected chi connectivity index (χ1v) is 15.8. The van der Waals surface area contributed by atoms with E-state index in [0.717, 1.165) is 5.57 Å². The summed E-state index contributed by atoms with van der Waals surface area (Å²) in [7, 11) is 1.44. The van der Waals surface area contributed by atoms with E-state index in [0.29, 0.717) is 28.8 Å². The summed E-state index contributed by atoms with van der Waals surface area (Å²) in [6.45, 7) is 11.7. The van der Waals surface area contributed by atoms with Gasteiger partial charge >= 0.3 is 12.1 Å². The third kappa shape index (κ3) is 15.6. The van der Waals surface area contributed by atoms with Gasteiger partial charge in [-0.05, 0) is 54.1 Å². The second-order valence-electron chi connectivity index (χ2n) is 11.2. The fourth-order valence-corrected chi connectivity index (χ4v) is 4.37. The maximum Gasteiger partial charge on any atom is 0.407 e. The van der Waals surface area contributed by atoms with E-state index in [1.807, 2.05) is 69.4 Å². The third-order valence-corrected chi connectivity index (χ3v) is 6.93. The molecule has 1 aliphatic rings. The number of hydrogen-bond acceptors (Lipinski definition) is 7. The summed E-state index contributed by atoms with van der Waals surface area (Å²) in [6.07, 6.45) is 15.2. The lowest BCUT2D eigenvalue weighted by molar-refractivity contribution is -0.151. The number of carbonyl (C=O) groups is 4. The second-order valence-corrected chi connectivity index (χ2v) is 13.4. The number of esters is 1. The van der Waals surface area contributed by atoms with Gasteiger partial charge in [0.25, 0.3) is 0 Å². The van der Waals surface area contributed by atoms with Crippen molar-refractivity contribution in [2.75, 3.05) is 13.7 Å². The van der Waals surface area contributed by atoms with E-state index in [4.69, 9.17) is 25.8 Å². The molecule has 0 aromatic carbocycles. The van der Waals surface area contributed by atoms with E-state index in [2.05, 4.69) is 16.0 Å². The van der Waals surface area contributed by atoms with Gasteiger partial charge in [0, 0.05) is 37.8 Å². The molecule has 1 aliphatic heterocycles. The number of amides is 3. The Morgan fingerprint density at radius 3 is 2.48 bits per heavy atom. The summed E-state index contributed by atoms with van der Waals surface area (Å²) in [5, 5.41) is 8.06. The fraction of sp³-hybridized carbons (Fsp3) is 0.500. The molecule has 0 aromatic heterocycles. The molecule has 1 rings (SSSR count). The van der Waals surface area contributed by atoms with E-state index in [1.165, 1.54) is 19.4 Å². The number of alkyl carbamates (subject to hydrolysis) is 1. The smallest absolute Gasteiger partial charge is 0.407 e. The molecular formula is C32H45ClIN3O7. The Morgan fingerprint density at radius 1 is 1.20 bits per heavy atom. The lowest BCUT2D eigenvalue weighted by Crippen LogP contribution is -2.52. The van der Waals surface area contributed by atoms with Gasteiger partial charge in [0.05, 0.1) is 10.1 Å². The number of ether oxygens (including phenoxy) is 3. The van der Waals surface area contributed by atoms with Crippen molar-refractivity contribution in [3.05, 3.63) is 69.2 Å². The van der Waals surface area contributed by atoms with Crippen LogP contribution in [0, 0.1) is 11.3 Å². The largest absolute Gasteiger partial charge is 0.490 e. The van der Waals surface area contributed by atoms with Crippen molar-refractivity contribution in [1.82, 2.24) is 16.0 Å². The van der Waals surface area contributed by atoms with Gasteiger partial charge in [-0.15, -0.1) is 0 Å². The molecule has 12 heteroatoms. The van der Waals surface area contributed by atoms with Crippen LogP contribution < -0.4 is 16.0 Å². The van der Waals surface area contributed by atoms with Crippen molar-refractivity contribution in [2.24, 2.45) is 11.3 Å². The van der Waals surface area contributed by atoms with Gasteiger partial charge in [0.2, 0.25) is 11.8 Å². The van der Waals surface area contributed by atoms with Crippen molar-refractivity contribution in [2.45, 2.75) is 79.1 Å². The molecule has 0 saturated carbocycles. The van der Waals surface area contributed by atoms with Crippen molar-refractivity contribution >= 4 is 58.1 Å². The fourth-order valence-electron chi connectivity index (χ4n) is 4.03. The van der Waals surface area contributed by atoms with Crippen LogP contribution in [0.3, 0.4) is 0 Å². The first-order valence-electron chi connectivity index (χ1n) is 14.4. The molecule has 4 atom stereocenters. The van der Waals surface area contributed by atoms with Crippen LogP contribution in [0.1, 0.15) is 60.8 Å². The van der Waals surface area contributed by atoms with Gasteiger partial charge in [0.15, 0.2) is 5.76 Å². The molecule has 0 aromatic rings. The number of hydrogen-bond donors (Lipinski definition) is 3. The number of rotatable bonds is 15. The van der Waals surface area contributed by atoms with E-state index < -0.39 is 35.5 Å². The Morgan fingerprint density at radius 2 is 1.89 bits per heavy atom. The Kier molecular flexibility index (Phi) is 17.8. The minimum Gasteiger partial charge on any atom is -0.490 e. The summed E-state index contributed by atoms with van der Waals surface area (Å²) in [4.78, 5) is 49.4. The van der Waals surface area contributed by atoms with E-state index in [1.54, 1.807) is 37.3 Å². The molecule has 3 N–H and O–H groups in total. The summed E-state index contributed by atoms with van der Waals surface area (Å²) < 4.78 is 16.4. The van der Waals surface area contributed by atoms with Crippen LogP contribution in [0.25, 0.3) is 0 Å². The first-order chi connectivity index (χ1) is 20.7. The number of halogens is 2. The maximum absolute atomic E-state index is 13.0. The number of allylic oxidation sites excluding steroid dienone is 4. The van der Waals surface area contributed by atoms with Gasteiger partial charge < -0.3 is 30.2 Å². The van der Waals surface area contributed by atoms with Gasteiger partial charge in [-0.3, -0.25) is 9.59 Å². The van der Waals surface area contributed by atoms with Crippen LogP contribution in [-0.2, 0) is 28.6 Å². The monoisotopic (exact) mass is 745 g/mol. The van der Waals surface area contributed by atoms with Gasteiger partial charge in [-0.2, -0.15) is 0 Å². The molecule has 0 aliphatic carbocycles. The Balaban J connectivity index is 2.72. The minimum absolute atomic E-state index is 0.0176. The molecule has 0 fully saturated rings. The van der Waals surface area contributed by atoms with Gasteiger partial charge in [-0.1, -0.05) is 81.3 Å². The lowest BCUT2D eigenvalue weighted by atomic mass is 9.86. The summed E-state index contributed by atoms with van der Waals surface area (Å²) in [6, 6.07) is -0.815. The Bertz CT molecular complexity index is 1180. The highest BCUT2D eigenvalue weighted by atomic mass is 127. The summed E-state index contributed by atoms with van der Waals surface area (Å²) in [5.41, 5.74) is 0.367. The van der Waals surface area contributed by atoms with Crippen LogP contribution in [0.4, 0.5) is 4.79 Å². The number of cyclic esters (lactones) is 1. The van der Waals surface area contributed by atoms with Crippen LogP contribution in [0.15, 0.2) is 69.2 Å². The average molecular weight is 746 g/mol. The van der Waals surface area contributed by atoms with Gasteiger partial charge in [-0.25, -0.2) is 9.59 Å². The minimum atomic E-state index is -0.815. The van der Waals surface area contributed by atoms with Crippen molar-refractivity contribution in [1.29, 1.82) is 0 Å². The normalized spacial score (nSPS) is 18.4. The molecule has 0 saturated heterocycles. The average Bonchev–Trinajstić information content (AvgIpc) is 2.94. The molecule has 1 heterocycles. The zero-order chi connectivity index (χ0) is 33.3. The van der Waals surface area contributed by atoms with Crippen LogP contribution in [-0.4, -0.2) is 55.8 Å². The SMILES string of the molecule is CCNC(=O)OC(C/C=C\NC(=O)C(NC(=O)/C=C/C=C/C(C)=C/C(C)C1CC=C(OC)C(=O)O1)C(C)(C)C)C/C=C(/Cl)I. The molecule has 0 spiro atoms. The molecular weight excluding hydrogens is 701 g/mol. The summed E-state index contributed by atoms with van der Waals surface area (Å²) >= 11 is 7.87. The molecule has 10 nitrogen and oxygen atoms in total.